The van der Waals surface area contributed by atoms with Crippen molar-refractivity contribution in [1.82, 2.24) is 0 Å². The highest BCUT2D eigenvalue weighted by Crippen LogP contribution is 2.17. The van der Waals surface area contributed by atoms with Gasteiger partial charge in [0.15, 0.2) is 6.10 Å². The average Bonchev–Trinajstić information content (AvgIpc) is 3.44. The highest BCUT2D eigenvalue weighted by atomic mass is 16.7. The first-order valence-corrected chi connectivity index (χ1v) is 33.4. The van der Waals surface area contributed by atoms with E-state index >= 15 is 0 Å². The Morgan fingerprint density at radius 2 is 0.704 bits per heavy atom. The van der Waals surface area contributed by atoms with Crippen LogP contribution in [-0.2, 0) is 33.3 Å². The van der Waals surface area contributed by atoms with Crippen molar-refractivity contribution >= 4 is 17.9 Å². The van der Waals surface area contributed by atoms with E-state index < -0.39 is 24.3 Å². The molecule has 1 N–H and O–H groups in total. The molecule has 0 radical (unpaired) electrons. The van der Waals surface area contributed by atoms with Crippen LogP contribution in [0.3, 0.4) is 0 Å². The number of carboxylic acids is 1. The van der Waals surface area contributed by atoms with E-state index in [1.54, 1.807) is 0 Å². The molecule has 0 fully saturated rings. The fourth-order valence-electron chi connectivity index (χ4n) is 9.23. The topological polar surface area (TPSA) is 108 Å². The van der Waals surface area contributed by atoms with Gasteiger partial charge < -0.3 is 28.5 Å². The van der Waals surface area contributed by atoms with Crippen molar-refractivity contribution in [2.24, 2.45) is 0 Å². The number of carbonyl (C=O) groups is 3. The number of hydrogen-bond acceptors (Lipinski definition) is 7. The number of quaternary nitrogens is 1. The third kappa shape index (κ3) is 63.6. The summed E-state index contributed by atoms with van der Waals surface area (Å²) >= 11 is 0. The average molecular weight is 1130 g/mol. The van der Waals surface area contributed by atoms with Gasteiger partial charge in [0, 0.05) is 12.8 Å². The van der Waals surface area contributed by atoms with Gasteiger partial charge in [-0.05, 0) is 96.3 Å². The second-order valence-electron chi connectivity index (χ2n) is 23.4. The predicted octanol–water partition coefficient (Wildman–Crippen LogP) is 20.5. The van der Waals surface area contributed by atoms with E-state index in [1.165, 1.54) is 161 Å². The third-order valence-corrected chi connectivity index (χ3v) is 14.3. The van der Waals surface area contributed by atoms with Crippen LogP contribution in [0.1, 0.15) is 284 Å². The number of esters is 2. The van der Waals surface area contributed by atoms with Crippen molar-refractivity contribution < 1.29 is 42.9 Å². The van der Waals surface area contributed by atoms with Crippen LogP contribution in [-0.4, -0.2) is 87.4 Å². The van der Waals surface area contributed by atoms with Gasteiger partial charge in [-0.25, -0.2) is 4.79 Å². The molecule has 0 saturated heterocycles. The predicted molar refractivity (Wildman–Crippen MR) is 345 cm³/mol. The van der Waals surface area contributed by atoms with Crippen LogP contribution < -0.4 is 0 Å². The summed E-state index contributed by atoms with van der Waals surface area (Å²) in [6.07, 6.45) is 82.2. The molecule has 0 spiro atoms. The normalized spacial score (nSPS) is 13.3. The summed E-state index contributed by atoms with van der Waals surface area (Å²) in [6, 6.07) is 0. The molecular formula is C72H126NO8+. The first-order chi connectivity index (χ1) is 39.6. The largest absolute Gasteiger partial charge is 0.477 e. The van der Waals surface area contributed by atoms with Crippen LogP contribution in [0.15, 0.2) is 97.2 Å². The zero-order valence-corrected chi connectivity index (χ0v) is 53.2. The van der Waals surface area contributed by atoms with Gasteiger partial charge in [0.2, 0.25) is 0 Å². The van der Waals surface area contributed by atoms with Crippen LogP contribution in [0.5, 0.6) is 0 Å². The lowest BCUT2D eigenvalue weighted by Gasteiger charge is -2.25. The van der Waals surface area contributed by atoms with Crippen LogP contribution in [0.25, 0.3) is 0 Å². The molecule has 0 aromatic carbocycles. The first-order valence-electron chi connectivity index (χ1n) is 33.4. The van der Waals surface area contributed by atoms with Gasteiger partial charge in [-0.2, -0.15) is 0 Å². The van der Waals surface area contributed by atoms with Gasteiger partial charge in [-0.3, -0.25) is 9.59 Å². The maximum Gasteiger partial charge on any atom is 0.361 e. The van der Waals surface area contributed by atoms with Crippen LogP contribution >= 0.6 is 0 Å². The zero-order valence-electron chi connectivity index (χ0n) is 53.2. The molecule has 0 aliphatic rings. The molecule has 9 heteroatoms. The summed E-state index contributed by atoms with van der Waals surface area (Å²) in [6.45, 7) is 4.77. The summed E-state index contributed by atoms with van der Waals surface area (Å²) in [4.78, 5) is 37.6. The first kappa shape index (κ1) is 77.2. The SMILES string of the molecule is CC/C=C\C/C=C\C/C=C\C/C=C\C/C=C\C/C=C\C/C=C\CCCCCCCCCC(=O)OC(COC(=O)CCCCCCCCCCCCCCCCC/C=C\CCCCCCCCCC)COC(OCC[N+](C)(C)C)C(=O)O. The molecule has 0 aromatic heterocycles. The third-order valence-electron chi connectivity index (χ3n) is 14.3. The molecule has 0 aliphatic carbocycles. The molecule has 9 nitrogen and oxygen atoms in total. The summed E-state index contributed by atoms with van der Waals surface area (Å²) in [5.41, 5.74) is 0. The minimum absolute atomic E-state index is 0.182. The maximum absolute atomic E-state index is 12.9. The van der Waals surface area contributed by atoms with Crippen molar-refractivity contribution in [3.05, 3.63) is 97.2 Å². The van der Waals surface area contributed by atoms with Gasteiger partial charge >= 0.3 is 17.9 Å². The Kier molecular flexibility index (Phi) is 59.3. The molecule has 0 heterocycles. The van der Waals surface area contributed by atoms with Crippen LogP contribution in [0.4, 0.5) is 0 Å². The number of nitrogens with zero attached hydrogens (tertiary/aromatic N) is 1. The lowest BCUT2D eigenvalue weighted by atomic mass is 10.0. The molecule has 81 heavy (non-hydrogen) atoms. The van der Waals surface area contributed by atoms with E-state index in [0.29, 0.717) is 23.9 Å². The smallest absolute Gasteiger partial charge is 0.361 e. The number of likely N-dealkylation sites (N-methyl/N-ethyl adjacent to an activating group) is 1. The van der Waals surface area contributed by atoms with Crippen molar-refractivity contribution in [1.29, 1.82) is 0 Å². The number of rotatable bonds is 61. The van der Waals surface area contributed by atoms with Gasteiger partial charge in [-0.15, -0.1) is 0 Å². The fourth-order valence-corrected chi connectivity index (χ4v) is 9.23. The van der Waals surface area contributed by atoms with Crippen molar-refractivity contribution in [3.8, 4) is 0 Å². The van der Waals surface area contributed by atoms with E-state index in [9.17, 15) is 19.5 Å². The molecule has 0 saturated carbocycles. The molecule has 2 unspecified atom stereocenters. The number of aliphatic carboxylic acids is 1. The Bertz CT molecular complexity index is 1650. The summed E-state index contributed by atoms with van der Waals surface area (Å²) in [7, 11) is 5.97. The standard InChI is InChI=1S/C72H125NO8/c1-6-8-10-12-14-16-18-20-22-24-26-28-30-32-34-35-37-39-41-43-45-47-49-51-53-55-57-59-61-63-70(75)81-68(67-80-72(71(76)77)78-65-64-73(3,4)5)66-79-69(74)62-60-58-56-54-52-50-48-46-44-42-40-38-36-33-31-29-27-25-23-21-19-17-15-13-11-9-7-2/h8,10,14,16,20,22,25-28,32,34,37,39,43,45,68,72H,6-7,9,11-13,15,17-19,21,23-24,29-31,33,35-36,38,40-42,44,46-67H2,1-5H3/p+1/b10-8-,16-14-,22-20-,27-25-,28-26-,34-32-,39-37-,45-43-. The minimum Gasteiger partial charge on any atom is -0.477 e. The number of carbonyl (C=O) groups excluding carboxylic acids is 2. The van der Waals surface area contributed by atoms with Crippen molar-refractivity contribution in [2.45, 2.75) is 296 Å². The Morgan fingerprint density at radius 1 is 0.383 bits per heavy atom. The molecule has 0 bridgehead atoms. The Labute approximate surface area is 499 Å². The number of carboxylic acid groups (broad SMARTS) is 1. The van der Waals surface area contributed by atoms with Crippen molar-refractivity contribution in [3.63, 3.8) is 0 Å². The number of allylic oxidation sites excluding steroid dienone is 16. The molecule has 0 aliphatic heterocycles. The Morgan fingerprint density at radius 3 is 1.06 bits per heavy atom. The molecule has 0 amide bonds. The minimum atomic E-state index is -1.52. The molecular weight excluding hydrogens is 1010 g/mol. The van der Waals surface area contributed by atoms with E-state index in [4.69, 9.17) is 18.9 Å². The molecule has 0 aromatic rings. The van der Waals surface area contributed by atoms with Gasteiger partial charge in [-0.1, -0.05) is 272 Å². The number of hydrogen-bond donors (Lipinski definition) is 1. The highest BCUT2D eigenvalue weighted by Gasteiger charge is 2.25. The lowest BCUT2D eigenvalue weighted by Crippen LogP contribution is -2.40. The monoisotopic (exact) mass is 1130 g/mol. The van der Waals surface area contributed by atoms with Gasteiger partial charge in [0.25, 0.3) is 6.29 Å². The fraction of sp³-hybridized carbons (Fsp3) is 0.736. The Balaban J connectivity index is 4.20. The van der Waals surface area contributed by atoms with E-state index in [-0.39, 0.29) is 32.2 Å². The second-order valence-corrected chi connectivity index (χ2v) is 23.4. The van der Waals surface area contributed by atoms with E-state index in [2.05, 4.69) is 111 Å². The Hall–Kier alpha value is -3.79. The van der Waals surface area contributed by atoms with Crippen LogP contribution in [0, 0.1) is 0 Å². The summed E-state index contributed by atoms with van der Waals surface area (Å²) < 4.78 is 22.9. The van der Waals surface area contributed by atoms with E-state index in [1.807, 2.05) is 21.1 Å². The van der Waals surface area contributed by atoms with Crippen LogP contribution in [0.2, 0.25) is 0 Å². The summed E-state index contributed by atoms with van der Waals surface area (Å²) in [5, 5.41) is 9.74. The lowest BCUT2D eigenvalue weighted by molar-refractivity contribution is -0.870. The van der Waals surface area contributed by atoms with E-state index in [0.717, 1.165) is 89.9 Å². The van der Waals surface area contributed by atoms with Gasteiger partial charge in [0.1, 0.15) is 13.2 Å². The summed E-state index contributed by atoms with van der Waals surface area (Å²) in [5.74, 6) is -2.02. The molecule has 2 atom stereocenters. The quantitative estimate of drug-likeness (QED) is 0.0211. The van der Waals surface area contributed by atoms with Gasteiger partial charge in [0.05, 0.1) is 34.4 Å². The highest BCUT2D eigenvalue weighted by molar-refractivity contribution is 5.71. The van der Waals surface area contributed by atoms with Crippen molar-refractivity contribution in [2.75, 3.05) is 47.5 Å². The zero-order chi connectivity index (χ0) is 59.1. The molecule has 0 rings (SSSR count). The molecule has 466 valence electrons. The maximum atomic E-state index is 12.9. The number of unbranched alkanes of at least 4 members (excludes halogenated alkanes) is 30. The second kappa shape index (κ2) is 62.3. The number of ether oxygens (including phenoxy) is 4.